The summed E-state index contributed by atoms with van der Waals surface area (Å²) in [6, 6.07) is 8.56. The number of fused-ring (bicyclic) bond motifs is 1. The lowest BCUT2D eigenvalue weighted by Crippen LogP contribution is -2.29. The summed E-state index contributed by atoms with van der Waals surface area (Å²) < 4.78 is 32.4. The van der Waals surface area contributed by atoms with Crippen LogP contribution >= 0.6 is 0 Å². The van der Waals surface area contributed by atoms with E-state index in [9.17, 15) is 8.78 Å². The van der Waals surface area contributed by atoms with E-state index in [4.69, 9.17) is 10.6 Å². The maximum Gasteiger partial charge on any atom is 0.127 e. The Morgan fingerprint density at radius 1 is 1.15 bits per heavy atom. The molecule has 0 aromatic heterocycles. The van der Waals surface area contributed by atoms with Gasteiger partial charge in [0.05, 0.1) is 12.6 Å². The molecule has 0 spiro atoms. The van der Waals surface area contributed by atoms with Gasteiger partial charge in [0, 0.05) is 18.1 Å². The molecule has 0 aliphatic carbocycles. The minimum atomic E-state index is -0.631. The second-order valence-corrected chi connectivity index (χ2v) is 4.74. The van der Waals surface area contributed by atoms with Crippen LogP contribution in [0.3, 0.4) is 0 Å². The number of rotatable bonds is 3. The van der Waals surface area contributed by atoms with Crippen molar-refractivity contribution in [3.63, 3.8) is 0 Å². The third-order valence-corrected chi connectivity index (χ3v) is 3.44. The van der Waals surface area contributed by atoms with Crippen molar-refractivity contribution >= 4 is 0 Å². The molecule has 1 aliphatic rings. The van der Waals surface area contributed by atoms with Crippen LogP contribution in [0.5, 0.6) is 5.75 Å². The fraction of sp³-hybridized carbons (Fsp3) is 0.200. The van der Waals surface area contributed by atoms with Crippen molar-refractivity contribution in [2.75, 3.05) is 6.61 Å². The van der Waals surface area contributed by atoms with Crippen molar-refractivity contribution < 1.29 is 13.5 Å². The molecule has 3 N–H and O–H groups in total. The van der Waals surface area contributed by atoms with Crippen molar-refractivity contribution in [2.24, 2.45) is 5.84 Å². The van der Waals surface area contributed by atoms with Crippen LogP contribution in [0.4, 0.5) is 8.78 Å². The Hall–Kier alpha value is -1.98. The van der Waals surface area contributed by atoms with Crippen molar-refractivity contribution in [3.8, 4) is 5.75 Å². The maximum atomic E-state index is 13.4. The molecule has 2 aromatic carbocycles. The number of hydrogen-bond donors (Lipinski definition) is 2. The van der Waals surface area contributed by atoms with Crippen molar-refractivity contribution in [2.45, 2.75) is 12.5 Å². The Balaban J connectivity index is 2.08. The molecule has 0 fully saturated rings. The zero-order valence-corrected chi connectivity index (χ0v) is 10.7. The van der Waals surface area contributed by atoms with E-state index >= 15 is 0 Å². The van der Waals surface area contributed by atoms with Gasteiger partial charge in [0.25, 0.3) is 0 Å². The Bertz CT molecular complexity index is 626. The molecule has 1 atom stereocenters. The number of nitrogens with one attached hydrogen (secondary N) is 1. The van der Waals surface area contributed by atoms with Gasteiger partial charge in [-0.3, -0.25) is 5.84 Å². The van der Waals surface area contributed by atoms with Crippen molar-refractivity contribution in [1.29, 1.82) is 0 Å². The van der Waals surface area contributed by atoms with E-state index in [0.717, 1.165) is 29.4 Å². The van der Waals surface area contributed by atoms with Crippen molar-refractivity contribution in [1.82, 2.24) is 5.43 Å². The maximum absolute atomic E-state index is 13.4. The van der Waals surface area contributed by atoms with E-state index < -0.39 is 17.7 Å². The van der Waals surface area contributed by atoms with Gasteiger partial charge < -0.3 is 4.74 Å². The lowest BCUT2D eigenvalue weighted by molar-refractivity contribution is 0.350. The number of ether oxygens (including phenoxy) is 1. The van der Waals surface area contributed by atoms with E-state index in [2.05, 4.69) is 5.43 Å². The molecule has 1 heterocycles. The molecule has 0 amide bonds. The normalized spacial score (nSPS) is 14.8. The van der Waals surface area contributed by atoms with Gasteiger partial charge in [-0.05, 0) is 23.3 Å². The molecule has 1 aliphatic heterocycles. The number of hydrazine groups is 1. The Morgan fingerprint density at radius 2 is 1.90 bits per heavy atom. The standard InChI is InChI=1S/C15H14F2N2O/c16-11-6-10(7-12(17)8-11)14(19-18)13-3-1-2-9-4-5-20-15(9)13/h1-3,6-8,14,19H,4-5,18H2. The van der Waals surface area contributed by atoms with E-state index in [1.165, 1.54) is 12.1 Å². The molecule has 0 saturated heterocycles. The van der Waals surface area contributed by atoms with Gasteiger partial charge in [0.15, 0.2) is 0 Å². The molecule has 5 heteroatoms. The first-order valence-corrected chi connectivity index (χ1v) is 6.36. The smallest absolute Gasteiger partial charge is 0.127 e. The summed E-state index contributed by atoms with van der Waals surface area (Å²) in [4.78, 5) is 0. The van der Waals surface area contributed by atoms with Crippen molar-refractivity contribution in [3.05, 3.63) is 64.7 Å². The number of nitrogens with two attached hydrogens (primary N) is 1. The second-order valence-electron chi connectivity index (χ2n) is 4.74. The van der Waals surface area contributed by atoms with Gasteiger partial charge in [0.1, 0.15) is 17.4 Å². The SMILES string of the molecule is NNC(c1cc(F)cc(F)c1)c1cccc2c1OCC2. The minimum Gasteiger partial charge on any atom is -0.493 e. The zero-order chi connectivity index (χ0) is 14.1. The van der Waals surface area contributed by atoms with Crippen LogP contribution in [-0.4, -0.2) is 6.61 Å². The first-order valence-electron chi connectivity index (χ1n) is 6.36. The number of benzene rings is 2. The highest BCUT2D eigenvalue weighted by molar-refractivity contribution is 5.48. The topological polar surface area (TPSA) is 47.3 Å². The van der Waals surface area contributed by atoms with Gasteiger partial charge in [-0.15, -0.1) is 0 Å². The summed E-state index contributed by atoms with van der Waals surface area (Å²) in [6.07, 6.45) is 0.831. The number of halogens is 2. The first kappa shape index (κ1) is 13.0. The molecule has 1 unspecified atom stereocenters. The summed E-state index contributed by atoms with van der Waals surface area (Å²) in [6.45, 7) is 0.612. The second kappa shape index (κ2) is 5.19. The third kappa shape index (κ3) is 2.26. The molecule has 3 nitrogen and oxygen atoms in total. The van der Waals surface area contributed by atoms with Gasteiger partial charge >= 0.3 is 0 Å². The predicted molar refractivity (Wildman–Crippen MR) is 71.2 cm³/mol. The van der Waals surface area contributed by atoms with Crippen LogP contribution < -0.4 is 16.0 Å². The van der Waals surface area contributed by atoms with Crippen LogP contribution in [0.2, 0.25) is 0 Å². The van der Waals surface area contributed by atoms with Gasteiger partial charge in [-0.2, -0.15) is 0 Å². The van der Waals surface area contributed by atoms with E-state index in [0.29, 0.717) is 12.2 Å². The van der Waals surface area contributed by atoms with Crippen LogP contribution in [0, 0.1) is 11.6 Å². The quantitative estimate of drug-likeness (QED) is 0.668. The summed E-state index contributed by atoms with van der Waals surface area (Å²) >= 11 is 0. The van der Waals surface area contributed by atoms with Gasteiger partial charge in [0.2, 0.25) is 0 Å². The average Bonchev–Trinajstić information content (AvgIpc) is 2.87. The molecule has 0 radical (unpaired) electrons. The fourth-order valence-corrected chi connectivity index (χ4v) is 2.58. The average molecular weight is 276 g/mol. The molecule has 0 saturated carbocycles. The zero-order valence-electron chi connectivity index (χ0n) is 10.7. The highest BCUT2D eigenvalue weighted by Crippen LogP contribution is 2.36. The van der Waals surface area contributed by atoms with Crippen LogP contribution in [-0.2, 0) is 6.42 Å². The highest BCUT2D eigenvalue weighted by Gasteiger charge is 2.23. The van der Waals surface area contributed by atoms with E-state index in [1.54, 1.807) is 0 Å². The molecule has 3 rings (SSSR count). The van der Waals surface area contributed by atoms with Crippen LogP contribution in [0.15, 0.2) is 36.4 Å². The lowest BCUT2D eigenvalue weighted by atomic mass is 9.96. The number of para-hydroxylation sites is 1. The summed E-state index contributed by atoms with van der Waals surface area (Å²) in [7, 11) is 0. The minimum absolute atomic E-state index is 0.425. The Labute approximate surface area is 115 Å². The summed E-state index contributed by atoms with van der Waals surface area (Å²) in [5.41, 5.74) is 4.90. The molecular formula is C15H14F2N2O. The van der Waals surface area contributed by atoms with Gasteiger partial charge in [-0.25, -0.2) is 14.2 Å². The molecule has 104 valence electrons. The first-order chi connectivity index (χ1) is 9.69. The lowest BCUT2D eigenvalue weighted by Gasteiger charge is -2.19. The predicted octanol–water partition coefficient (Wildman–Crippen LogP) is 2.45. The Kier molecular flexibility index (Phi) is 3.38. The molecule has 2 aromatic rings. The molecular weight excluding hydrogens is 262 g/mol. The van der Waals surface area contributed by atoms with Crippen LogP contribution in [0.25, 0.3) is 0 Å². The monoisotopic (exact) mass is 276 g/mol. The molecule has 0 bridgehead atoms. The van der Waals surface area contributed by atoms with E-state index in [1.807, 2.05) is 18.2 Å². The number of hydrogen-bond acceptors (Lipinski definition) is 3. The summed E-state index contributed by atoms with van der Waals surface area (Å²) in [5, 5.41) is 0. The van der Waals surface area contributed by atoms with E-state index in [-0.39, 0.29) is 0 Å². The third-order valence-electron chi connectivity index (χ3n) is 3.44. The summed E-state index contributed by atoms with van der Waals surface area (Å²) in [5.74, 6) is 5.07. The highest BCUT2D eigenvalue weighted by atomic mass is 19.1. The fourth-order valence-electron chi connectivity index (χ4n) is 2.58. The molecule has 20 heavy (non-hydrogen) atoms. The Morgan fingerprint density at radius 3 is 2.60 bits per heavy atom. The van der Waals surface area contributed by atoms with Crippen LogP contribution in [0.1, 0.15) is 22.7 Å². The van der Waals surface area contributed by atoms with Gasteiger partial charge in [-0.1, -0.05) is 18.2 Å². The largest absolute Gasteiger partial charge is 0.493 e.